The fourth-order valence-electron chi connectivity index (χ4n) is 3.86. The molecule has 0 fully saturated rings. The van der Waals surface area contributed by atoms with E-state index in [1.807, 2.05) is 48.8 Å². The van der Waals surface area contributed by atoms with Crippen molar-refractivity contribution < 1.29 is 9.59 Å². The van der Waals surface area contributed by atoms with E-state index >= 15 is 0 Å². The van der Waals surface area contributed by atoms with Gasteiger partial charge in [0.2, 0.25) is 11.9 Å². The first-order valence-electron chi connectivity index (χ1n) is 11.4. The molecule has 0 saturated carbocycles. The van der Waals surface area contributed by atoms with Gasteiger partial charge in [0.25, 0.3) is 5.91 Å². The van der Waals surface area contributed by atoms with Crippen LogP contribution in [0.5, 0.6) is 0 Å². The number of nitrogen functional groups attached to an aromatic ring is 1. The first-order valence-corrected chi connectivity index (χ1v) is 12.2. The van der Waals surface area contributed by atoms with Crippen molar-refractivity contribution in [3.63, 3.8) is 0 Å². The molecule has 10 nitrogen and oxygen atoms in total. The number of halogens is 1. The molecule has 0 saturated heterocycles. The molecule has 186 valence electrons. The molecule has 6 N–H and O–H groups in total. The quantitative estimate of drug-likeness (QED) is 0.183. The van der Waals surface area contributed by atoms with Gasteiger partial charge >= 0.3 is 0 Å². The van der Waals surface area contributed by atoms with Crippen LogP contribution < -0.4 is 22.1 Å². The predicted molar refractivity (Wildman–Crippen MR) is 145 cm³/mol. The van der Waals surface area contributed by atoms with Crippen LogP contribution >= 0.6 is 15.9 Å². The Morgan fingerprint density at radius 3 is 2.69 bits per heavy atom. The van der Waals surface area contributed by atoms with E-state index in [0.29, 0.717) is 48.2 Å². The molecular weight excluding hydrogens is 524 g/mol. The highest BCUT2D eigenvalue weighted by atomic mass is 79.9. The third-order valence-electron chi connectivity index (χ3n) is 5.58. The number of anilines is 3. The molecule has 0 radical (unpaired) electrons. The number of amides is 2. The first kappa shape index (κ1) is 25.0. The number of fused-ring (bicyclic) bond motifs is 1. The van der Waals surface area contributed by atoms with E-state index < -0.39 is 5.91 Å². The summed E-state index contributed by atoms with van der Waals surface area (Å²) in [6.45, 7) is 5.36. The number of benzene rings is 2. The van der Waals surface area contributed by atoms with Crippen LogP contribution in [-0.4, -0.2) is 37.7 Å². The molecule has 0 bridgehead atoms. The van der Waals surface area contributed by atoms with Crippen molar-refractivity contribution in [1.29, 1.82) is 0 Å². The summed E-state index contributed by atoms with van der Waals surface area (Å²) in [6.07, 6.45) is 3.92. The molecular formula is C25H27BrN8O2. The lowest BCUT2D eigenvalue weighted by Crippen LogP contribution is -2.19. The molecule has 36 heavy (non-hydrogen) atoms. The summed E-state index contributed by atoms with van der Waals surface area (Å²) in [7, 11) is 0. The Morgan fingerprint density at radius 1 is 1.17 bits per heavy atom. The highest BCUT2D eigenvalue weighted by Crippen LogP contribution is 2.27. The minimum absolute atomic E-state index is 0.273. The summed E-state index contributed by atoms with van der Waals surface area (Å²) in [6, 6.07) is 12.4. The van der Waals surface area contributed by atoms with Crippen molar-refractivity contribution in [2.75, 3.05) is 22.9 Å². The highest BCUT2D eigenvalue weighted by molar-refractivity contribution is 9.10. The molecule has 4 rings (SSSR count). The second-order valence-electron chi connectivity index (χ2n) is 8.11. The minimum atomic E-state index is -0.524. The number of hydrogen-bond acceptors (Lipinski definition) is 6. The average Bonchev–Trinajstić information content (AvgIpc) is 3.40. The Hall–Kier alpha value is -4.12. The molecule has 0 aliphatic rings. The van der Waals surface area contributed by atoms with Crippen molar-refractivity contribution in [3.8, 4) is 0 Å². The lowest BCUT2D eigenvalue weighted by molar-refractivity contribution is 0.0996. The summed E-state index contributed by atoms with van der Waals surface area (Å²) in [5.41, 5.74) is 15.7. The number of imidazole rings is 1. The summed E-state index contributed by atoms with van der Waals surface area (Å²) in [5, 5.41) is 10.5. The zero-order valence-electron chi connectivity index (χ0n) is 20.0. The van der Waals surface area contributed by atoms with Crippen molar-refractivity contribution in [2.24, 2.45) is 5.73 Å². The second-order valence-corrected chi connectivity index (χ2v) is 8.97. The van der Waals surface area contributed by atoms with Gasteiger partial charge in [-0.2, -0.15) is 5.10 Å². The number of rotatable bonds is 9. The molecule has 0 unspecified atom stereocenters. The Balaban J connectivity index is 1.52. The number of aromatic nitrogens is 4. The number of nitrogens with two attached hydrogens (primary N) is 2. The standard InChI is InChI=1S/C25H27BrN8O2/c1-3-34-21(13-15(2)32-34)24(36)31-25-30-20-8-6-7-17(26)22(20)33(25)12-5-4-11-29-19-10-9-16(23(28)35)14-18(19)27/h4-10,13-14,29H,3,11-12,27H2,1-2H3,(H2,28,35)(H,30,31,36). The van der Waals surface area contributed by atoms with Gasteiger partial charge in [0, 0.05) is 29.7 Å². The molecule has 0 atom stereocenters. The number of carbonyl (C=O) groups excluding carboxylic acids is 2. The molecule has 2 heterocycles. The normalized spacial score (nSPS) is 11.3. The molecule has 2 aromatic carbocycles. The van der Waals surface area contributed by atoms with Crippen LogP contribution in [0.4, 0.5) is 17.3 Å². The van der Waals surface area contributed by atoms with Crippen molar-refractivity contribution >= 4 is 56.1 Å². The average molecular weight is 551 g/mol. The second kappa shape index (κ2) is 10.6. The maximum atomic E-state index is 13.0. The van der Waals surface area contributed by atoms with Crippen LogP contribution in [-0.2, 0) is 13.1 Å². The third-order valence-corrected chi connectivity index (χ3v) is 6.22. The van der Waals surface area contributed by atoms with Gasteiger partial charge in [-0.05, 0) is 66.2 Å². The van der Waals surface area contributed by atoms with Crippen LogP contribution in [0.2, 0.25) is 0 Å². The number of nitrogens with zero attached hydrogens (tertiary/aromatic N) is 4. The minimum Gasteiger partial charge on any atom is -0.397 e. The number of aryl methyl sites for hydroxylation is 2. The first-order chi connectivity index (χ1) is 17.3. The van der Waals surface area contributed by atoms with E-state index in [9.17, 15) is 9.59 Å². The molecule has 2 amide bonds. The van der Waals surface area contributed by atoms with Crippen LogP contribution in [0.25, 0.3) is 11.0 Å². The number of hydrogen-bond donors (Lipinski definition) is 4. The summed E-state index contributed by atoms with van der Waals surface area (Å²) < 4.78 is 4.47. The zero-order valence-corrected chi connectivity index (χ0v) is 21.5. The summed E-state index contributed by atoms with van der Waals surface area (Å²) in [5.74, 6) is -0.359. The number of nitrogens with one attached hydrogen (secondary N) is 2. The van der Waals surface area contributed by atoms with Crippen LogP contribution in [0, 0.1) is 6.92 Å². The SMILES string of the molecule is CCn1nc(C)cc1C(=O)Nc1nc2cccc(Br)c2n1CC=CCNc1ccc(C(N)=O)cc1N. The summed E-state index contributed by atoms with van der Waals surface area (Å²) >= 11 is 3.60. The molecule has 0 aliphatic heterocycles. The number of primary amides is 1. The predicted octanol–water partition coefficient (Wildman–Crippen LogP) is 3.93. The molecule has 0 aliphatic carbocycles. The van der Waals surface area contributed by atoms with Gasteiger partial charge in [-0.3, -0.25) is 19.6 Å². The highest BCUT2D eigenvalue weighted by Gasteiger charge is 2.18. The maximum Gasteiger partial charge on any atom is 0.276 e. The Kier molecular flexibility index (Phi) is 7.39. The van der Waals surface area contributed by atoms with Gasteiger partial charge in [0.05, 0.1) is 28.1 Å². The van der Waals surface area contributed by atoms with Crippen LogP contribution in [0.15, 0.2) is 59.1 Å². The van der Waals surface area contributed by atoms with Gasteiger partial charge in [-0.15, -0.1) is 0 Å². The van der Waals surface area contributed by atoms with E-state index in [1.165, 1.54) is 0 Å². The fourth-order valence-corrected chi connectivity index (χ4v) is 4.43. The van der Waals surface area contributed by atoms with Crippen LogP contribution in [0.3, 0.4) is 0 Å². The van der Waals surface area contributed by atoms with Crippen molar-refractivity contribution in [1.82, 2.24) is 19.3 Å². The number of carbonyl (C=O) groups is 2. The van der Waals surface area contributed by atoms with E-state index in [-0.39, 0.29) is 5.91 Å². The monoisotopic (exact) mass is 550 g/mol. The van der Waals surface area contributed by atoms with E-state index in [0.717, 1.165) is 21.2 Å². The Morgan fingerprint density at radius 2 is 1.97 bits per heavy atom. The van der Waals surface area contributed by atoms with Gasteiger partial charge in [0.15, 0.2) is 0 Å². The van der Waals surface area contributed by atoms with E-state index in [4.69, 9.17) is 11.5 Å². The van der Waals surface area contributed by atoms with Crippen molar-refractivity contribution in [2.45, 2.75) is 26.9 Å². The van der Waals surface area contributed by atoms with Crippen molar-refractivity contribution in [3.05, 3.63) is 76.0 Å². The lowest BCUT2D eigenvalue weighted by Gasteiger charge is -2.10. The largest absolute Gasteiger partial charge is 0.397 e. The maximum absolute atomic E-state index is 13.0. The van der Waals surface area contributed by atoms with E-state index in [2.05, 4.69) is 36.6 Å². The van der Waals surface area contributed by atoms with Gasteiger partial charge < -0.3 is 21.4 Å². The lowest BCUT2D eigenvalue weighted by atomic mass is 10.1. The molecule has 11 heteroatoms. The summed E-state index contributed by atoms with van der Waals surface area (Å²) in [4.78, 5) is 29.0. The smallest absolute Gasteiger partial charge is 0.276 e. The van der Waals surface area contributed by atoms with E-state index in [1.54, 1.807) is 28.9 Å². The Labute approximate surface area is 216 Å². The Bertz CT molecular complexity index is 1470. The third kappa shape index (κ3) is 5.25. The molecule has 2 aromatic heterocycles. The molecule has 0 spiro atoms. The van der Waals surface area contributed by atoms with Gasteiger partial charge in [0.1, 0.15) is 5.69 Å². The van der Waals surface area contributed by atoms with Gasteiger partial charge in [-0.25, -0.2) is 4.98 Å². The molecule has 4 aromatic rings. The van der Waals surface area contributed by atoms with Crippen LogP contribution in [0.1, 0.15) is 33.5 Å². The zero-order chi connectivity index (χ0) is 25.8. The topological polar surface area (TPSA) is 146 Å². The number of allylic oxidation sites excluding steroid dienone is 1. The van der Waals surface area contributed by atoms with Gasteiger partial charge in [-0.1, -0.05) is 18.2 Å². The number of para-hydroxylation sites is 1. The fraction of sp³-hybridized carbons (Fsp3) is 0.200.